The molecule has 2 rings (SSSR count). The zero-order valence-electron chi connectivity index (χ0n) is 14.3. The minimum Gasteiger partial charge on any atom is -0.354 e. The molecule has 0 fully saturated rings. The number of nitrogens with one attached hydrogen (secondary N) is 1. The molecule has 1 aromatic carbocycles. The van der Waals surface area contributed by atoms with Crippen molar-refractivity contribution in [1.29, 1.82) is 0 Å². The van der Waals surface area contributed by atoms with Crippen molar-refractivity contribution in [2.45, 2.75) is 31.7 Å². The first-order valence-corrected chi connectivity index (χ1v) is 9.21. The third-order valence-corrected chi connectivity index (χ3v) is 4.33. The van der Waals surface area contributed by atoms with E-state index in [0.717, 1.165) is 16.9 Å². The lowest BCUT2D eigenvalue weighted by molar-refractivity contribution is -0.121. The van der Waals surface area contributed by atoms with Crippen LogP contribution in [0.1, 0.15) is 20.3 Å². The quantitative estimate of drug-likeness (QED) is 0.784. The van der Waals surface area contributed by atoms with E-state index in [1.165, 1.54) is 10.7 Å². The van der Waals surface area contributed by atoms with Crippen molar-refractivity contribution in [1.82, 2.24) is 15.1 Å². The Bertz CT molecular complexity index is 739. The van der Waals surface area contributed by atoms with Gasteiger partial charge < -0.3 is 5.32 Å². The van der Waals surface area contributed by atoms with Crippen LogP contribution in [-0.2, 0) is 11.3 Å². The Kier molecular flexibility index (Phi) is 6.61. The molecule has 0 radical (unpaired) electrons. The highest BCUT2D eigenvalue weighted by Gasteiger charge is 2.08. The molecule has 0 aliphatic carbocycles. The van der Waals surface area contributed by atoms with E-state index < -0.39 is 0 Å². The predicted octanol–water partition coefficient (Wildman–Crippen LogP) is 2.79. The van der Waals surface area contributed by atoms with Crippen molar-refractivity contribution in [3.8, 4) is 11.3 Å². The molecule has 6 heteroatoms. The molecule has 5 nitrogen and oxygen atoms in total. The van der Waals surface area contributed by atoms with Gasteiger partial charge in [-0.15, -0.1) is 11.8 Å². The Balaban J connectivity index is 2.10. The van der Waals surface area contributed by atoms with E-state index in [9.17, 15) is 9.59 Å². The highest BCUT2D eigenvalue weighted by atomic mass is 32.2. The fourth-order valence-electron chi connectivity index (χ4n) is 2.17. The van der Waals surface area contributed by atoms with Gasteiger partial charge in [-0.3, -0.25) is 9.59 Å². The number of nitrogens with zero attached hydrogens (tertiary/aromatic N) is 2. The summed E-state index contributed by atoms with van der Waals surface area (Å²) in [4.78, 5) is 25.1. The first kappa shape index (κ1) is 18.3. The number of hydrogen-bond donors (Lipinski definition) is 1. The standard InChI is InChI=1S/C18H23N3O2S/c1-13(2)10-11-19-17(22)12-21-18(23)9-8-16(20-21)14-4-6-15(24-3)7-5-14/h4-9,13H,10-12H2,1-3H3,(H,19,22). The van der Waals surface area contributed by atoms with Gasteiger partial charge in [0.1, 0.15) is 6.54 Å². The van der Waals surface area contributed by atoms with E-state index in [2.05, 4.69) is 24.3 Å². The molecular formula is C18H23N3O2S. The van der Waals surface area contributed by atoms with Gasteiger partial charge in [0, 0.05) is 23.1 Å². The molecule has 0 aliphatic heterocycles. The van der Waals surface area contributed by atoms with Crippen molar-refractivity contribution in [3.63, 3.8) is 0 Å². The summed E-state index contributed by atoms with van der Waals surface area (Å²) in [6, 6.07) is 11.1. The van der Waals surface area contributed by atoms with Gasteiger partial charge in [-0.2, -0.15) is 5.10 Å². The van der Waals surface area contributed by atoms with Crippen LogP contribution < -0.4 is 10.9 Å². The summed E-state index contributed by atoms with van der Waals surface area (Å²) in [5.41, 5.74) is 1.32. The van der Waals surface area contributed by atoms with Crippen molar-refractivity contribution in [2.75, 3.05) is 12.8 Å². The number of benzene rings is 1. The minimum atomic E-state index is -0.279. The molecule has 128 valence electrons. The van der Waals surface area contributed by atoms with Gasteiger partial charge in [0.05, 0.1) is 5.69 Å². The highest BCUT2D eigenvalue weighted by Crippen LogP contribution is 2.20. The molecule has 2 aromatic rings. The number of rotatable bonds is 7. The zero-order chi connectivity index (χ0) is 17.5. The van der Waals surface area contributed by atoms with E-state index in [1.807, 2.05) is 30.5 Å². The molecule has 0 saturated carbocycles. The molecule has 0 spiro atoms. The Morgan fingerprint density at radius 2 is 1.92 bits per heavy atom. The maximum atomic E-state index is 12.0. The zero-order valence-corrected chi connectivity index (χ0v) is 15.1. The number of carbonyl (C=O) groups excluding carboxylic acids is 1. The molecule has 1 aromatic heterocycles. The molecule has 0 saturated heterocycles. The van der Waals surface area contributed by atoms with Crippen LogP contribution in [0.4, 0.5) is 0 Å². The van der Waals surface area contributed by atoms with Crippen LogP contribution in [0.5, 0.6) is 0 Å². The molecule has 24 heavy (non-hydrogen) atoms. The van der Waals surface area contributed by atoms with Crippen LogP contribution in [0.3, 0.4) is 0 Å². The summed E-state index contributed by atoms with van der Waals surface area (Å²) in [6.45, 7) is 4.75. The highest BCUT2D eigenvalue weighted by molar-refractivity contribution is 7.98. The van der Waals surface area contributed by atoms with Crippen LogP contribution in [0.15, 0.2) is 46.1 Å². The van der Waals surface area contributed by atoms with Gasteiger partial charge in [-0.25, -0.2) is 4.68 Å². The van der Waals surface area contributed by atoms with E-state index in [4.69, 9.17) is 0 Å². The molecule has 0 bridgehead atoms. The maximum absolute atomic E-state index is 12.0. The first-order chi connectivity index (χ1) is 11.5. The van der Waals surface area contributed by atoms with Crippen molar-refractivity contribution in [3.05, 3.63) is 46.8 Å². The fourth-order valence-corrected chi connectivity index (χ4v) is 2.58. The van der Waals surface area contributed by atoms with E-state index >= 15 is 0 Å². The lowest BCUT2D eigenvalue weighted by atomic mass is 10.1. The van der Waals surface area contributed by atoms with Crippen LogP contribution in [0, 0.1) is 5.92 Å². The largest absolute Gasteiger partial charge is 0.354 e. The summed E-state index contributed by atoms with van der Waals surface area (Å²) >= 11 is 1.67. The second kappa shape index (κ2) is 8.68. The molecule has 1 heterocycles. The Labute approximate surface area is 146 Å². The Morgan fingerprint density at radius 1 is 1.21 bits per heavy atom. The number of thioether (sulfide) groups is 1. The van der Waals surface area contributed by atoms with Gasteiger partial charge in [-0.05, 0) is 36.8 Å². The lowest BCUT2D eigenvalue weighted by Crippen LogP contribution is -2.34. The molecule has 1 amide bonds. The summed E-state index contributed by atoms with van der Waals surface area (Å²) in [6.07, 6.45) is 2.93. The van der Waals surface area contributed by atoms with Gasteiger partial charge in [0.15, 0.2) is 0 Å². The number of amides is 1. The molecule has 0 atom stereocenters. The Morgan fingerprint density at radius 3 is 2.54 bits per heavy atom. The van der Waals surface area contributed by atoms with E-state index in [-0.39, 0.29) is 18.0 Å². The van der Waals surface area contributed by atoms with Crippen LogP contribution >= 0.6 is 11.8 Å². The number of hydrogen-bond acceptors (Lipinski definition) is 4. The summed E-state index contributed by atoms with van der Waals surface area (Å²) < 4.78 is 1.21. The van der Waals surface area contributed by atoms with Crippen molar-refractivity contribution >= 4 is 17.7 Å². The molecule has 1 N–H and O–H groups in total. The van der Waals surface area contributed by atoms with Crippen LogP contribution in [0.25, 0.3) is 11.3 Å². The summed E-state index contributed by atoms with van der Waals surface area (Å²) in [5.74, 6) is 0.332. The maximum Gasteiger partial charge on any atom is 0.267 e. The fraction of sp³-hybridized carbons (Fsp3) is 0.389. The minimum absolute atomic E-state index is 0.0618. The van der Waals surface area contributed by atoms with Crippen molar-refractivity contribution < 1.29 is 4.79 Å². The van der Waals surface area contributed by atoms with Crippen molar-refractivity contribution in [2.24, 2.45) is 5.92 Å². The second-order valence-electron chi connectivity index (χ2n) is 5.98. The van der Waals surface area contributed by atoms with Gasteiger partial charge >= 0.3 is 0 Å². The third kappa shape index (κ3) is 5.23. The second-order valence-corrected chi connectivity index (χ2v) is 6.86. The summed E-state index contributed by atoms with van der Waals surface area (Å²) in [7, 11) is 0. The van der Waals surface area contributed by atoms with E-state index in [1.54, 1.807) is 17.8 Å². The smallest absolute Gasteiger partial charge is 0.267 e. The monoisotopic (exact) mass is 345 g/mol. The predicted molar refractivity (Wildman–Crippen MR) is 98.2 cm³/mol. The van der Waals surface area contributed by atoms with Gasteiger partial charge in [0.2, 0.25) is 5.91 Å². The average Bonchev–Trinajstić information content (AvgIpc) is 2.56. The molecule has 0 aliphatic rings. The van der Waals surface area contributed by atoms with Crippen LogP contribution in [0.2, 0.25) is 0 Å². The molecular weight excluding hydrogens is 322 g/mol. The lowest BCUT2D eigenvalue weighted by Gasteiger charge is -2.09. The van der Waals surface area contributed by atoms with Gasteiger partial charge in [-0.1, -0.05) is 26.0 Å². The van der Waals surface area contributed by atoms with E-state index in [0.29, 0.717) is 18.2 Å². The normalized spacial score (nSPS) is 10.8. The summed E-state index contributed by atoms with van der Waals surface area (Å²) in [5, 5.41) is 7.14. The molecule has 0 unspecified atom stereocenters. The SMILES string of the molecule is CSc1ccc(-c2ccc(=O)n(CC(=O)NCCC(C)C)n2)cc1. The Hall–Kier alpha value is -2.08. The van der Waals surface area contributed by atoms with Crippen LogP contribution in [-0.4, -0.2) is 28.5 Å². The van der Waals surface area contributed by atoms with Gasteiger partial charge in [0.25, 0.3) is 5.56 Å². The number of aromatic nitrogens is 2. The average molecular weight is 345 g/mol. The third-order valence-electron chi connectivity index (χ3n) is 3.59. The first-order valence-electron chi connectivity index (χ1n) is 7.99. The number of carbonyl (C=O) groups is 1. The topological polar surface area (TPSA) is 64.0 Å².